The first-order valence-electron chi connectivity index (χ1n) is 29.8. The van der Waals surface area contributed by atoms with Crippen LogP contribution in [-0.4, -0.2) is 173 Å². The minimum atomic E-state index is -0.535. The lowest BCUT2D eigenvalue weighted by Gasteiger charge is -2.39. The third-order valence-corrected chi connectivity index (χ3v) is 14.8. The molecule has 6 aliphatic rings. The fourth-order valence-corrected chi connectivity index (χ4v) is 9.87. The molecule has 25 heteroatoms. The molecule has 0 bridgehead atoms. The van der Waals surface area contributed by atoms with Gasteiger partial charge >= 0.3 is 12.2 Å². The second-order valence-electron chi connectivity index (χ2n) is 24.9. The molecule has 89 heavy (non-hydrogen) atoms. The Bertz CT molecular complexity index is 3470. The van der Waals surface area contributed by atoms with Crippen molar-refractivity contribution < 1.29 is 60.8 Å². The monoisotopic (exact) mass is 1220 g/mol. The Morgan fingerprint density at radius 2 is 0.899 bits per heavy atom. The van der Waals surface area contributed by atoms with Crippen molar-refractivity contribution in [3.8, 4) is 56.9 Å². The van der Waals surface area contributed by atoms with Gasteiger partial charge in [-0.2, -0.15) is 19.9 Å². The van der Waals surface area contributed by atoms with Gasteiger partial charge in [0.2, 0.25) is 29.4 Å². The van der Waals surface area contributed by atoms with Gasteiger partial charge in [0, 0.05) is 83.6 Å². The Kier molecular flexibility index (Phi) is 19.5. The number of nitrogens with one attached hydrogen (secondary N) is 1. The Morgan fingerprint density at radius 3 is 1.28 bits per heavy atom. The number of pyridine rings is 4. The summed E-state index contributed by atoms with van der Waals surface area (Å²) < 4.78 is 55.3. The minimum absolute atomic E-state index is 0.0146. The van der Waals surface area contributed by atoms with Gasteiger partial charge in [0.1, 0.15) is 58.9 Å². The van der Waals surface area contributed by atoms with Gasteiger partial charge in [-0.3, -0.25) is 14.6 Å². The molecule has 474 valence electrons. The number of likely N-dealkylation sites (N-methyl/N-ethyl adjacent to an activating group) is 2. The van der Waals surface area contributed by atoms with Crippen LogP contribution in [0.3, 0.4) is 0 Å². The fourth-order valence-electron chi connectivity index (χ4n) is 9.87. The number of likely N-dealkylation sites (tertiary alicyclic amines) is 4. The highest BCUT2D eigenvalue weighted by atomic mass is 16.6. The van der Waals surface area contributed by atoms with E-state index in [4.69, 9.17) is 63.6 Å². The van der Waals surface area contributed by atoms with Crippen molar-refractivity contribution in [3.05, 3.63) is 110 Å². The van der Waals surface area contributed by atoms with E-state index in [9.17, 15) is 14.4 Å². The van der Waals surface area contributed by atoms with E-state index in [1.165, 1.54) is 0 Å². The normalized spacial score (nSPS) is 18.0. The summed E-state index contributed by atoms with van der Waals surface area (Å²) in [6, 6.07) is 20.2. The molecule has 5 saturated heterocycles. The second-order valence-corrected chi connectivity index (χ2v) is 24.9. The smallest absolute Gasteiger partial charge is 0.410 e. The Morgan fingerprint density at radius 1 is 0.506 bits per heavy atom. The maximum Gasteiger partial charge on any atom is 0.410 e. The number of amides is 3. The number of carbonyl (C=O) groups is 3. The zero-order valence-corrected chi connectivity index (χ0v) is 51.6. The largest absolute Gasteiger partial charge is 0.472 e. The van der Waals surface area contributed by atoms with Gasteiger partial charge < -0.3 is 78.7 Å². The SMILES string of the molecule is CC(C)(C)OC(=O)N1CC(Oc2nc(N)ccc2-c2ccoc2)C1.CC(C)(C)OC(=O)N1CC(Oc2nc(NC(=O)C3CC3)ccc2-c2ccoc2)C1.CN1CC(Oc2nc(N)ccc2-c2ccoc2)C1.CN1CC(Oc2nc(N)ccc2C2CCOC2)C1. The maximum absolute atomic E-state index is 12.1. The molecule has 6 fully saturated rings. The first kappa shape index (κ1) is 63.0. The van der Waals surface area contributed by atoms with Gasteiger partial charge in [-0.05, 0) is 142 Å². The molecule has 7 aromatic heterocycles. The molecule has 12 heterocycles. The minimum Gasteiger partial charge on any atom is -0.472 e. The van der Waals surface area contributed by atoms with E-state index in [1.807, 2.05) is 90.1 Å². The number of nitrogens with zero attached hydrogens (tertiary/aromatic N) is 8. The van der Waals surface area contributed by atoms with Crippen LogP contribution in [0.2, 0.25) is 0 Å². The number of hydrogen-bond donors (Lipinski definition) is 4. The van der Waals surface area contributed by atoms with E-state index in [2.05, 4.69) is 49.1 Å². The molecular formula is C64H80N12O13. The number of nitrogen functional groups attached to an aromatic ring is 3. The van der Waals surface area contributed by atoms with E-state index in [1.54, 1.807) is 65.6 Å². The lowest BCUT2D eigenvalue weighted by atomic mass is 9.99. The molecule has 1 aliphatic carbocycles. The van der Waals surface area contributed by atoms with Crippen LogP contribution in [-0.2, 0) is 19.0 Å². The van der Waals surface area contributed by atoms with Crippen LogP contribution in [0.5, 0.6) is 23.5 Å². The summed E-state index contributed by atoms with van der Waals surface area (Å²) in [5.74, 6) is 4.38. The lowest BCUT2D eigenvalue weighted by Crippen LogP contribution is -2.57. The predicted molar refractivity (Wildman–Crippen MR) is 331 cm³/mol. The van der Waals surface area contributed by atoms with Crippen molar-refractivity contribution in [2.45, 2.75) is 102 Å². The number of nitrogens with two attached hydrogens (primary N) is 3. The molecule has 0 radical (unpaired) electrons. The average Bonchev–Trinajstić information content (AvgIpc) is 3.41. The van der Waals surface area contributed by atoms with E-state index in [-0.39, 0.29) is 48.4 Å². The summed E-state index contributed by atoms with van der Waals surface area (Å²) in [7, 11) is 4.14. The number of anilines is 4. The topological polar surface area (TPSA) is 310 Å². The van der Waals surface area contributed by atoms with Gasteiger partial charge in [-0.25, -0.2) is 9.59 Å². The zero-order valence-electron chi connectivity index (χ0n) is 51.6. The third kappa shape index (κ3) is 17.4. The van der Waals surface area contributed by atoms with Crippen LogP contribution < -0.4 is 41.5 Å². The number of hydrogen-bond acceptors (Lipinski definition) is 22. The molecule has 1 unspecified atom stereocenters. The van der Waals surface area contributed by atoms with Crippen LogP contribution in [0.25, 0.3) is 33.4 Å². The number of aromatic nitrogens is 4. The summed E-state index contributed by atoms with van der Waals surface area (Å²) in [6.07, 6.45) is 12.0. The van der Waals surface area contributed by atoms with Crippen LogP contribution in [0, 0.1) is 5.92 Å². The summed E-state index contributed by atoms with van der Waals surface area (Å²) in [5, 5.41) is 2.84. The van der Waals surface area contributed by atoms with E-state index < -0.39 is 11.2 Å². The highest BCUT2D eigenvalue weighted by Gasteiger charge is 2.38. The number of rotatable bonds is 14. The third-order valence-electron chi connectivity index (χ3n) is 14.8. The Balaban J connectivity index is 0.000000133. The van der Waals surface area contributed by atoms with E-state index in [0.717, 1.165) is 97.6 Å². The molecule has 0 aromatic carbocycles. The molecule has 3 amide bonds. The molecule has 25 nitrogen and oxygen atoms in total. The summed E-state index contributed by atoms with van der Waals surface area (Å²) >= 11 is 0. The van der Waals surface area contributed by atoms with Crippen molar-refractivity contribution in [2.75, 3.05) is 102 Å². The van der Waals surface area contributed by atoms with E-state index in [0.29, 0.717) is 78.9 Å². The molecular weight excluding hydrogens is 1140 g/mol. The molecule has 7 aromatic rings. The van der Waals surface area contributed by atoms with Gasteiger partial charge in [-0.15, -0.1) is 0 Å². The van der Waals surface area contributed by atoms with Gasteiger partial charge in [-0.1, -0.05) is 0 Å². The van der Waals surface area contributed by atoms with Crippen LogP contribution in [0.1, 0.15) is 72.3 Å². The Hall–Kier alpha value is -9.07. The summed E-state index contributed by atoms with van der Waals surface area (Å²) in [6.45, 7) is 18.1. The molecule has 1 saturated carbocycles. The van der Waals surface area contributed by atoms with Crippen LogP contribution in [0.15, 0.2) is 118 Å². The van der Waals surface area contributed by atoms with Crippen molar-refractivity contribution in [1.82, 2.24) is 39.5 Å². The first-order chi connectivity index (χ1) is 42.5. The van der Waals surface area contributed by atoms with Crippen molar-refractivity contribution in [3.63, 3.8) is 0 Å². The van der Waals surface area contributed by atoms with Crippen LogP contribution in [0.4, 0.5) is 32.9 Å². The molecule has 1 atom stereocenters. The van der Waals surface area contributed by atoms with Crippen molar-refractivity contribution in [1.29, 1.82) is 0 Å². The van der Waals surface area contributed by atoms with Crippen molar-refractivity contribution >= 4 is 41.4 Å². The molecule has 5 aliphatic heterocycles. The fraction of sp³-hybridized carbons (Fsp3) is 0.453. The standard InChI is InChI=1S/C21H25N3O5.C17H21N3O4.C13H19N3O2.C13H15N3O2/c1-21(2,3)29-20(26)24-10-15(11-24)28-19-16(14-8-9-27-12-14)6-7-17(23-19)22-18(25)13-4-5-13;1-17(2,3)24-16(21)20-8-12(9-20)23-15-13(4-5-14(18)19-15)11-6-7-22-10-11;2*1-16-6-10(7-16)18-13-11(2-3-12(14)15-13)9-4-5-17-8-9/h6-9,12-13,15H,4-5,10-11H2,1-3H3,(H,22,23,25);4-7,10,12H,8-9H2,1-3H3,(H2,18,19);2-3,9-10H,4-8H2,1H3,(H2,14,15);2-5,8,10H,6-7H2,1H3,(H2,14,15). The zero-order chi connectivity index (χ0) is 63.0. The maximum atomic E-state index is 12.1. The van der Waals surface area contributed by atoms with Gasteiger partial charge in [0.25, 0.3) is 0 Å². The number of carbonyl (C=O) groups excluding carboxylic acids is 3. The Labute approximate surface area is 517 Å². The first-order valence-corrected chi connectivity index (χ1v) is 29.8. The molecule has 13 rings (SSSR count). The lowest BCUT2D eigenvalue weighted by molar-refractivity contribution is -0.117. The highest BCUT2D eigenvalue weighted by molar-refractivity contribution is 5.93. The average molecular weight is 1230 g/mol. The predicted octanol–water partition coefficient (Wildman–Crippen LogP) is 9.09. The second kappa shape index (κ2) is 27.5. The number of furan rings is 3. The highest BCUT2D eigenvalue weighted by Crippen LogP contribution is 2.37. The van der Waals surface area contributed by atoms with Crippen LogP contribution >= 0.6 is 0 Å². The van der Waals surface area contributed by atoms with Crippen molar-refractivity contribution in [2.24, 2.45) is 5.92 Å². The summed E-state index contributed by atoms with van der Waals surface area (Å²) in [5.41, 5.74) is 22.4. The van der Waals surface area contributed by atoms with E-state index >= 15 is 0 Å². The van der Waals surface area contributed by atoms with Gasteiger partial charge in [0.05, 0.1) is 70.4 Å². The van der Waals surface area contributed by atoms with Gasteiger partial charge in [0.15, 0.2) is 0 Å². The molecule has 0 spiro atoms. The molecule has 7 N–H and O–H groups in total. The quantitative estimate of drug-likeness (QED) is 0.0788. The summed E-state index contributed by atoms with van der Waals surface area (Å²) in [4.78, 5) is 61.1. The number of ether oxygens (including phenoxy) is 7.